The summed E-state index contributed by atoms with van der Waals surface area (Å²) in [6.45, 7) is 4.35. The minimum Gasteiger partial charge on any atom is -0.393 e. The summed E-state index contributed by atoms with van der Waals surface area (Å²) in [7, 11) is 0. The van der Waals surface area contributed by atoms with Crippen molar-refractivity contribution >= 4 is 6.03 Å². The highest BCUT2D eigenvalue weighted by Gasteiger charge is 2.41. The number of nitrogens with one attached hydrogen (secondary N) is 1. The summed E-state index contributed by atoms with van der Waals surface area (Å²) in [5.41, 5.74) is 0. The first-order valence-corrected chi connectivity index (χ1v) is 8.45. The number of rotatable bonds is 6. The second kappa shape index (κ2) is 6.53. The van der Waals surface area contributed by atoms with Crippen LogP contribution < -0.4 is 5.32 Å². The molecule has 1 aliphatic heterocycles. The van der Waals surface area contributed by atoms with E-state index in [-0.39, 0.29) is 12.1 Å². The van der Waals surface area contributed by atoms with Crippen LogP contribution in [-0.2, 0) is 4.74 Å². The van der Waals surface area contributed by atoms with Gasteiger partial charge in [-0.2, -0.15) is 0 Å². The Balaban J connectivity index is 1.50. The number of hydrogen-bond acceptors (Lipinski definition) is 3. The summed E-state index contributed by atoms with van der Waals surface area (Å²) in [4.78, 5) is 14.3. The van der Waals surface area contributed by atoms with E-state index in [2.05, 4.69) is 5.32 Å². The fourth-order valence-electron chi connectivity index (χ4n) is 3.58. The van der Waals surface area contributed by atoms with Crippen LogP contribution in [0.5, 0.6) is 0 Å². The lowest BCUT2D eigenvalue weighted by atomic mass is 9.98. The average molecular weight is 296 g/mol. The summed E-state index contributed by atoms with van der Waals surface area (Å²) in [6.07, 6.45) is 5.57. The molecule has 1 saturated heterocycles. The van der Waals surface area contributed by atoms with Crippen LogP contribution >= 0.6 is 0 Å². The summed E-state index contributed by atoms with van der Waals surface area (Å²) >= 11 is 0. The molecule has 2 atom stereocenters. The molecule has 2 amide bonds. The molecule has 2 aliphatic carbocycles. The van der Waals surface area contributed by atoms with Crippen LogP contribution in [0.2, 0.25) is 0 Å². The largest absolute Gasteiger partial charge is 0.393 e. The molecule has 5 nitrogen and oxygen atoms in total. The first-order valence-electron chi connectivity index (χ1n) is 8.45. The Hall–Kier alpha value is -0.810. The lowest BCUT2D eigenvalue weighted by Gasteiger charge is -2.36. The number of ether oxygens (including phenoxy) is 1. The average Bonchev–Trinajstić information content (AvgIpc) is 3.32. The van der Waals surface area contributed by atoms with Crippen LogP contribution in [0.25, 0.3) is 0 Å². The van der Waals surface area contributed by atoms with E-state index >= 15 is 0 Å². The summed E-state index contributed by atoms with van der Waals surface area (Å²) in [5.74, 6) is 2.41. The standard InChI is InChI=1S/C16H28N2O3/c1-11(19)8-14-10-21-7-6-18(14)16(20)17-9-15(12-2-3-12)13-4-5-13/h11-15,19H,2-10H2,1H3,(H,17,20). The van der Waals surface area contributed by atoms with Gasteiger partial charge in [0.05, 0.1) is 25.4 Å². The third-order valence-corrected chi connectivity index (χ3v) is 5.05. The zero-order chi connectivity index (χ0) is 14.8. The van der Waals surface area contributed by atoms with E-state index < -0.39 is 6.10 Å². The molecule has 3 rings (SSSR count). The maximum Gasteiger partial charge on any atom is 0.317 e. The number of nitrogens with zero attached hydrogens (tertiary/aromatic N) is 1. The van der Waals surface area contributed by atoms with Crippen LogP contribution in [-0.4, -0.2) is 54.5 Å². The van der Waals surface area contributed by atoms with Crippen molar-refractivity contribution < 1.29 is 14.6 Å². The molecule has 2 saturated carbocycles. The van der Waals surface area contributed by atoms with E-state index in [9.17, 15) is 9.90 Å². The third kappa shape index (κ3) is 4.10. The molecule has 0 radical (unpaired) electrons. The molecule has 1 heterocycles. The first kappa shape index (κ1) is 15.1. The molecule has 5 heteroatoms. The zero-order valence-corrected chi connectivity index (χ0v) is 13.0. The topological polar surface area (TPSA) is 61.8 Å². The molecule has 0 aromatic carbocycles. The maximum atomic E-state index is 12.5. The second-order valence-corrected chi connectivity index (χ2v) is 7.03. The number of morpholine rings is 1. The number of aliphatic hydroxyl groups is 1. The highest BCUT2D eigenvalue weighted by molar-refractivity contribution is 5.74. The molecule has 3 aliphatic rings. The number of hydrogen-bond donors (Lipinski definition) is 2. The van der Waals surface area contributed by atoms with Gasteiger partial charge in [0.25, 0.3) is 0 Å². The van der Waals surface area contributed by atoms with E-state index in [1.165, 1.54) is 25.7 Å². The Labute approximate surface area is 127 Å². The van der Waals surface area contributed by atoms with Gasteiger partial charge in [0.1, 0.15) is 0 Å². The van der Waals surface area contributed by atoms with Crippen molar-refractivity contribution in [3.8, 4) is 0 Å². The lowest BCUT2D eigenvalue weighted by molar-refractivity contribution is -0.00452. The van der Waals surface area contributed by atoms with Crippen LogP contribution in [0.15, 0.2) is 0 Å². The van der Waals surface area contributed by atoms with Crippen molar-refractivity contribution in [2.75, 3.05) is 26.3 Å². The van der Waals surface area contributed by atoms with Crippen LogP contribution in [0.1, 0.15) is 39.0 Å². The van der Waals surface area contributed by atoms with E-state index in [1.54, 1.807) is 6.92 Å². The van der Waals surface area contributed by atoms with Gasteiger partial charge in [-0.05, 0) is 56.8 Å². The summed E-state index contributed by atoms with van der Waals surface area (Å²) < 4.78 is 5.45. The molecule has 0 bridgehead atoms. The van der Waals surface area contributed by atoms with Crippen molar-refractivity contribution in [3.63, 3.8) is 0 Å². The molecule has 0 aromatic heterocycles. The molecule has 3 fully saturated rings. The minimum atomic E-state index is -0.405. The molecule has 0 aromatic rings. The maximum absolute atomic E-state index is 12.5. The van der Waals surface area contributed by atoms with Crippen LogP contribution in [0.3, 0.4) is 0 Å². The van der Waals surface area contributed by atoms with Gasteiger partial charge < -0.3 is 20.1 Å². The number of carbonyl (C=O) groups is 1. The van der Waals surface area contributed by atoms with Crippen LogP contribution in [0.4, 0.5) is 4.79 Å². The highest BCUT2D eigenvalue weighted by atomic mass is 16.5. The molecular weight excluding hydrogens is 268 g/mol. The van der Waals surface area contributed by atoms with Gasteiger partial charge in [-0.25, -0.2) is 4.79 Å². The predicted molar refractivity (Wildman–Crippen MR) is 79.9 cm³/mol. The molecule has 120 valence electrons. The zero-order valence-electron chi connectivity index (χ0n) is 13.0. The van der Waals surface area contributed by atoms with Gasteiger partial charge in [-0.1, -0.05) is 0 Å². The number of amides is 2. The smallest absolute Gasteiger partial charge is 0.317 e. The number of carbonyl (C=O) groups excluding carboxylic acids is 1. The normalized spacial score (nSPS) is 27.8. The predicted octanol–water partition coefficient (Wildman–Crippen LogP) is 1.60. The highest BCUT2D eigenvalue weighted by Crippen LogP contribution is 2.48. The third-order valence-electron chi connectivity index (χ3n) is 5.05. The molecule has 2 N–H and O–H groups in total. The Bertz CT molecular complexity index is 355. The Morgan fingerprint density at radius 3 is 2.57 bits per heavy atom. The van der Waals surface area contributed by atoms with Crippen molar-refractivity contribution in [2.24, 2.45) is 17.8 Å². The SMILES string of the molecule is CC(O)CC1COCCN1C(=O)NCC(C1CC1)C1CC1. The number of aliphatic hydroxyl groups excluding tert-OH is 1. The molecule has 2 unspecified atom stereocenters. The van der Waals surface area contributed by atoms with E-state index in [1.807, 2.05) is 4.90 Å². The van der Waals surface area contributed by atoms with Crippen LogP contribution in [0, 0.1) is 17.8 Å². The first-order chi connectivity index (χ1) is 10.1. The Morgan fingerprint density at radius 2 is 2.00 bits per heavy atom. The fourth-order valence-corrected chi connectivity index (χ4v) is 3.58. The molecule has 21 heavy (non-hydrogen) atoms. The van der Waals surface area contributed by atoms with Gasteiger partial charge in [0.2, 0.25) is 0 Å². The van der Waals surface area contributed by atoms with Crippen molar-refractivity contribution in [1.29, 1.82) is 0 Å². The fraction of sp³-hybridized carbons (Fsp3) is 0.938. The monoisotopic (exact) mass is 296 g/mol. The summed E-state index contributed by atoms with van der Waals surface area (Å²) in [5, 5.41) is 12.7. The van der Waals surface area contributed by atoms with E-state index in [4.69, 9.17) is 4.74 Å². The second-order valence-electron chi connectivity index (χ2n) is 7.03. The quantitative estimate of drug-likeness (QED) is 0.782. The molecular formula is C16H28N2O3. The van der Waals surface area contributed by atoms with Gasteiger partial charge in [-0.3, -0.25) is 0 Å². The van der Waals surface area contributed by atoms with E-state index in [0.717, 1.165) is 18.4 Å². The van der Waals surface area contributed by atoms with Crippen molar-refractivity contribution in [1.82, 2.24) is 10.2 Å². The van der Waals surface area contributed by atoms with Crippen molar-refractivity contribution in [3.05, 3.63) is 0 Å². The number of urea groups is 1. The lowest BCUT2D eigenvalue weighted by Crippen LogP contribution is -2.54. The summed E-state index contributed by atoms with van der Waals surface area (Å²) in [6, 6.07) is 0.0225. The van der Waals surface area contributed by atoms with E-state index in [0.29, 0.717) is 32.1 Å². The van der Waals surface area contributed by atoms with Gasteiger partial charge >= 0.3 is 6.03 Å². The van der Waals surface area contributed by atoms with Crippen molar-refractivity contribution in [2.45, 2.75) is 51.2 Å². The Kier molecular flexibility index (Phi) is 4.69. The van der Waals surface area contributed by atoms with Gasteiger partial charge in [0, 0.05) is 13.1 Å². The Morgan fingerprint density at radius 1 is 1.33 bits per heavy atom. The van der Waals surface area contributed by atoms with Gasteiger partial charge in [-0.15, -0.1) is 0 Å². The van der Waals surface area contributed by atoms with Gasteiger partial charge in [0.15, 0.2) is 0 Å². The minimum absolute atomic E-state index is 0.000880. The molecule has 0 spiro atoms.